The van der Waals surface area contributed by atoms with Crippen molar-refractivity contribution in [2.24, 2.45) is 0 Å². The van der Waals surface area contributed by atoms with E-state index in [9.17, 15) is 0 Å². The van der Waals surface area contributed by atoms with Crippen molar-refractivity contribution in [3.63, 3.8) is 0 Å². The summed E-state index contributed by atoms with van der Waals surface area (Å²) in [6, 6.07) is 2.04. The van der Waals surface area contributed by atoms with Crippen molar-refractivity contribution in [2.75, 3.05) is 26.4 Å². The molecule has 1 heterocycles. The molecule has 0 aliphatic carbocycles. The van der Waals surface area contributed by atoms with Crippen molar-refractivity contribution in [1.82, 2.24) is 15.2 Å². The molecule has 0 aliphatic heterocycles. The van der Waals surface area contributed by atoms with Crippen LogP contribution in [0.2, 0.25) is 0 Å². The fraction of sp³-hybridized carbons (Fsp3) is 0.643. The van der Waals surface area contributed by atoms with Crippen LogP contribution in [0.5, 0.6) is 0 Å². The molecule has 0 saturated carbocycles. The monoisotopic (exact) mass is 250 g/mol. The molecule has 2 atom stereocenters. The van der Waals surface area contributed by atoms with Crippen LogP contribution in [-0.2, 0) is 0 Å². The Kier molecular flexibility index (Phi) is 5.11. The predicted octanol–water partition coefficient (Wildman–Crippen LogP) is 2.04. The lowest BCUT2D eigenvalue weighted by Gasteiger charge is -2.43. The van der Waals surface area contributed by atoms with E-state index in [0.717, 1.165) is 24.2 Å². The third kappa shape index (κ3) is 2.82. The van der Waals surface area contributed by atoms with Gasteiger partial charge in [-0.1, -0.05) is 13.8 Å². The summed E-state index contributed by atoms with van der Waals surface area (Å²) >= 11 is 0. The predicted molar refractivity (Wildman–Crippen MR) is 77.5 cm³/mol. The molecular formula is C14H26N4. The van der Waals surface area contributed by atoms with Gasteiger partial charge in [-0.3, -0.25) is 4.98 Å². The molecule has 0 bridgehead atoms. The molecule has 4 heteroatoms. The number of nitrogens with one attached hydrogen (secondary N) is 1. The van der Waals surface area contributed by atoms with Crippen LogP contribution in [0.4, 0.5) is 5.69 Å². The van der Waals surface area contributed by atoms with E-state index in [2.05, 4.69) is 50.1 Å². The Bertz CT molecular complexity index is 378. The number of anilines is 1. The zero-order chi connectivity index (χ0) is 13.8. The van der Waals surface area contributed by atoms with E-state index in [4.69, 9.17) is 5.73 Å². The molecule has 0 aliphatic rings. The van der Waals surface area contributed by atoms with E-state index in [-0.39, 0.29) is 11.6 Å². The molecule has 0 aromatic carbocycles. The minimum absolute atomic E-state index is 0.00711. The van der Waals surface area contributed by atoms with E-state index < -0.39 is 0 Å². The molecule has 0 amide bonds. The largest absolute Gasteiger partial charge is 0.398 e. The third-order valence-electron chi connectivity index (χ3n) is 3.97. The highest BCUT2D eigenvalue weighted by Gasteiger charge is 2.36. The highest BCUT2D eigenvalue weighted by atomic mass is 15.2. The van der Waals surface area contributed by atoms with Crippen LogP contribution in [0.1, 0.15) is 38.8 Å². The highest BCUT2D eigenvalue weighted by Crippen LogP contribution is 2.34. The van der Waals surface area contributed by atoms with Gasteiger partial charge in [0.2, 0.25) is 0 Å². The van der Waals surface area contributed by atoms with Crippen LogP contribution >= 0.6 is 0 Å². The van der Waals surface area contributed by atoms with Crippen LogP contribution in [0.3, 0.4) is 0 Å². The SMILES string of the molecule is CCNC(c1cnccc1N)C(C)(CC)N(C)C. The fourth-order valence-electron chi connectivity index (χ4n) is 2.31. The maximum atomic E-state index is 6.10. The molecule has 0 radical (unpaired) electrons. The van der Waals surface area contributed by atoms with Gasteiger partial charge in [-0.25, -0.2) is 0 Å². The van der Waals surface area contributed by atoms with Gasteiger partial charge in [0, 0.05) is 29.2 Å². The number of pyridine rings is 1. The molecule has 18 heavy (non-hydrogen) atoms. The van der Waals surface area contributed by atoms with Crippen molar-refractivity contribution in [3.8, 4) is 0 Å². The molecule has 2 unspecified atom stereocenters. The van der Waals surface area contributed by atoms with Crippen LogP contribution in [0.15, 0.2) is 18.5 Å². The maximum Gasteiger partial charge on any atom is 0.0539 e. The number of nitrogens with two attached hydrogens (primary N) is 1. The molecule has 102 valence electrons. The molecule has 0 spiro atoms. The molecule has 3 N–H and O–H groups in total. The number of hydrogen-bond donors (Lipinski definition) is 2. The van der Waals surface area contributed by atoms with Crippen molar-refractivity contribution < 1.29 is 0 Å². The minimum Gasteiger partial charge on any atom is -0.398 e. The Hall–Kier alpha value is -1.13. The quantitative estimate of drug-likeness (QED) is 0.811. The van der Waals surface area contributed by atoms with Crippen LogP contribution in [-0.4, -0.2) is 36.1 Å². The second-order valence-corrected chi connectivity index (χ2v) is 5.10. The van der Waals surface area contributed by atoms with E-state index in [0.29, 0.717) is 0 Å². The van der Waals surface area contributed by atoms with E-state index in [1.807, 2.05) is 12.3 Å². The van der Waals surface area contributed by atoms with Crippen LogP contribution < -0.4 is 11.1 Å². The Labute approximate surface area is 111 Å². The van der Waals surface area contributed by atoms with Gasteiger partial charge in [-0.15, -0.1) is 0 Å². The van der Waals surface area contributed by atoms with Gasteiger partial charge in [-0.2, -0.15) is 0 Å². The zero-order valence-corrected chi connectivity index (χ0v) is 12.2. The molecule has 0 fully saturated rings. The number of nitrogens with zero attached hydrogens (tertiary/aromatic N) is 2. The maximum absolute atomic E-state index is 6.10. The van der Waals surface area contributed by atoms with Gasteiger partial charge in [0.15, 0.2) is 0 Å². The number of hydrogen-bond acceptors (Lipinski definition) is 4. The fourth-order valence-corrected chi connectivity index (χ4v) is 2.31. The molecule has 1 aromatic heterocycles. The van der Waals surface area contributed by atoms with Gasteiger partial charge in [0.05, 0.1) is 6.04 Å². The summed E-state index contributed by atoms with van der Waals surface area (Å²) in [7, 11) is 4.22. The number of aromatic nitrogens is 1. The van der Waals surface area contributed by atoms with Crippen molar-refractivity contribution in [1.29, 1.82) is 0 Å². The number of nitrogen functional groups attached to an aromatic ring is 1. The minimum atomic E-state index is 0.00711. The van der Waals surface area contributed by atoms with Crippen molar-refractivity contribution in [2.45, 2.75) is 38.8 Å². The Balaban J connectivity index is 3.21. The summed E-state index contributed by atoms with van der Waals surface area (Å²) in [5.74, 6) is 0. The van der Waals surface area contributed by atoms with Crippen molar-refractivity contribution >= 4 is 5.69 Å². The van der Waals surface area contributed by atoms with E-state index >= 15 is 0 Å². The van der Waals surface area contributed by atoms with Gasteiger partial charge < -0.3 is 16.0 Å². The summed E-state index contributed by atoms with van der Waals surface area (Å²) < 4.78 is 0. The molecule has 1 aromatic rings. The van der Waals surface area contributed by atoms with Gasteiger partial charge in [0.1, 0.15) is 0 Å². The lowest BCUT2D eigenvalue weighted by molar-refractivity contribution is 0.114. The molecule has 4 nitrogen and oxygen atoms in total. The summed E-state index contributed by atoms with van der Waals surface area (Å²) in [4.78, 5) is 6.47. The van der Waals surface area contributed by atoms with Gasteiger partial charge >= 0.3 is 0 Å². The first kappa shape index (κ1) is 14.9. The topological polar surface area (TPSA) is 54.2 Å². The summed E-state index contributed by atoms with van der Waals surface area (Å²) in [5, 5.41) is 3.55. The molecule has 0 saturated heterocycles. The van der Waals surface area contributed by atoms with Crippen LogP contribution in [0.25, 0.3) is 0 Å². The zero-order valence-electron chi connectivity index (χ0n) is 12.2. The lowest BCUT2D eigenvalue weighted by atomic mass is 9.83. The van der Waals surface area contributed by atoms with Gasteiger partial charge in [-0.05, 0) is 40.1 Å². The number of rotatable bonds is 6. The first-order chi connectivity index (χ1) is 8.47. The summed E-state index contributed by atoms with van der Waals surface area (Å²) in [6.07, 6.45) is 4.65. The van der Waals surface area contributed by atoms with Gasteiger partial charge in [0.25, 0.3) is 0 Å². The Morgan fingerprint density at radius 3 is 2.56 bits per heavy atom. The first-order valence-corrected chi connectivity index (χ1v) is 6.57. The molecular weight excluding hydrogens is 224 g/mol. The Morgan fingerprint density at radius 1 is 1.44 bits per heavy atom. The van der Waals surface area contributed by atoms with E-state index in [1.165, 1.54) is 0 Å². The first-order valence-electron chi connectivity index (χ1n) is 6.57. The second kappa shape index (κ2) is 6.16. The third-order valence-corrected chi connectivity index (χ3v) is 3.97. The lowest BCUT2D eigenvalue weighted by Crippen LogP contribution is -2.51. The summed E-state index contributed by atoms with van der Waals surface area (Å²) in [5.41, 5.74) is 8.00. The normalized spacial score (nSPS) is 16.6. The van der Waals surface area contributed by atoms with E-state index in [1.54, 1.807) is 6.20 Å². The standard InChI is InChI=1S/C14H26N4/c1-6-14(3,18(4)5)13(17-7-2)11-10-16-9-8-12(11)15/h8-10,13,17H,6-7H2,1-5H3,(H2,15,16). The highest BCUT2D eigenvalue weighted by molar-refractivity contribution is 5.47. The summed E-state index contributed by atoms with van der Waals surface area (Å²) in [6.45, 7) is 7.48. The van der Waals surface area contributed by atoms with Crippen LogP contribution in [0, 0.1) is 0 Å². The second-order valence-electron chi connectivity index (χ2n) is 5.10. The smallest absolute Gasteiger partial charge is 0.0539 e. The Morgan fingerprint density at radius 2 is 2.11 bits per heavy atom. The average molecular weight is 250 g/mol. The molecule has 1 rings (SSSR count). The number of likely N-dealkylation sites (N-methyl/N-ethyl adjacent to an activating group) is 2. The average Bonchev–Trinajstić information content (AvgIpc) is 2.36. The van der Waals surface area contributed by atoms with Crippen molar-refractivity contribution in [3.05, 3.63) is 24.0 Å².